The maximum atomic E-state index is 11.9. The molecule has 1 fully saturated rings. The smallest absolute Gasteiger partial charge is 0.317 e. The molecule has 0 atom stereocenters. The first-order valence-electron chi connectivity index (χ1n) is 7.04. The summed E-state index contributed by atoms with van der Waals surface area (Å²) in [5.74, 6) is 0. The first-order valence-corrected chi connectivity index (χ1v) is 7.42. The number of halogens is 1. The van der Waals surface area contributed by atoms with Gasteiger partial charge in [-0.2, -0.15) is 0 Å². The number of carbonyl (C=O) groups is 1. The van der Waals surface area contributed by atoms with Gasteiger partial charge in [0.2, 0.25) is 0 Å². The highest BCUT2D eigenvalue weighted by Crippen LogP contribution is 2.27. The highest BCUT2D eigenvalue weighted by molar-refractivity contribution is 6.31. The van der Waals surface area contributed by atoms with Gasteiger partial charge in [0.15, 0.2) is 0 Å². The Labute approximate surface area is 125 Å². The number of piperazine rings is 1. The highest BCUT2D eigenvalue weighted by atomic mass is 35.5. The number of carbonyl (C=O) groups excluding carboxylic acids is 1. The van der Waals surface area contributed by atoms with Crippen LogP contribution in [0.4, 0.5) is 10.5 Å². The molecule has 0 spiro atoms. The Morgan fingerprint density at radius 3 is 2.50 bits per heavy atom. The number of nitrogens with one attached hydrogen (secondary N) is 1. The van der Waals surface area contributed by atoms with Gasteiger partial charge in [-0.15, -0.1) is 0 Å². The van der Waals surface area contributed by atoms with Gasteiger partial charge < -0.3 is 15.1 Å². The van der Waals surface area contributed by atoms with Crippen LogP contribution in [-0.2, 0) is 0 Å². The predicted molar refractivity (Wildman–Crippen MR) is 83.6 cm³/mol. The molecule has 110 valence electrons. The summed E-state index contributed by atoms with van der Waals surface area (Å²) in [6.45, 7) is 9.15. The van der Waals surface area contributed by atoms with Crippen molar-refractivity contribution in [2.75, 3.05) is 31.1 Å². The van der Waals surface area contributed by atoms with Crippen molar-refractivity contribution in [1.29, 1.82) is 0 Å². The second-order valence-corrected chi connectivity index (χ2v) is 5.87. The van der Waals surface area contributed by atoms with Crippen LogP contribution in [0.25, 0.3) is 0 Å². The summed E-state index contributed by atoms with van der Waals surface area (Å²) in [4.78, 5) is 16.1. The predicted octanol–water partition coefficient (Wildman–Crippen LogP) is 2.89. The van der Waals surface area contributed by atoms with Gasteiger partial charge in [0, 0.05) is 42.9 Å². The van der Waals surface area contributed by atoms with Crippen LogP contribution in [0.1, 0.15) is 19.4 Å². The van der Waals surface area contributed by atoms with Crippen molar-refractivity contribution in [1.82, 2.24) is 10.2 Å². The molecule has 0 unspecified atom stereocenters. The molecule has 0 saturated carbocycles. The van der Waals surface area contributed by atoms with E-state index in [4.69, 9.17) is 11.6 Å². The van der Waals surface area contributed by atoms with Crippen molar-refractivity contribution >= 4 is 23.3 Å². The van der Waals surface area contributed by atoms with Gasteiger partial charge in [0.25, 0.3) is 0 Å². The number of urea groups is 1. The molecular formula is C15H22ClN3O. The zero-order chi connectivity index (χ0) is 14.7. The molecule has 1 aliphatic heterocycles. The quantitative estimate of drug-likeness (QED) is 0.910. The van der Waals surface area contributed by atoms with E-state index in [2.05, 4.69) is 16.3 Å². The van der Waals surface area contributed by atoms with Crippen LogP contribution >= 0.6 is 11.6 Å². The second-order valence-electron chi connectivity index (χ2n) is 5.46. The van der Waals surface area contributed by atoms with Crippen LogP contribution in [-0.4, -0.2) is 43.2 Å². The first kappa shape index (κ1) is 15.0. The van der Waals surface area contributed by atoms with Crippen molar-refractivity contribution in [3.05, 3.63) is 28.8 Å². The Morgan fingerprint density at radius 1 is 1.25 bits per heavy atom. The molecule has 1 aromatic carbocycles. The number of amides is 2. The lowest BCUT2D eigenvalue weighted by molar-refractivity contribution is 0.192. The molecule has 0 radical (unpaired) electrons. The van der Waals surface area contributed by atoms with E-state index in [-0.39, 0.29) is 12.1 Å². The minimum absolute atomic E-state index is 0.0301. The van der Waals surface area contributed by atoms with Crippen molar-refractivity contribution < 1.29 is 4.79 Å². The molecule has 20 heavy (non-hydrogen) atoms. The number of hydrogen-bond acceptors (Lipinski definition) is 2. The van der Waals surface area contributed by atoms with E-state index >= 15 is 0 Å². The van der Waals surface area contributed by atoms with E-state index < -0.39 is 0 Å². The molecule has 1 heterocycles. The lowest BCUT2D eigenvalue weighted by Gasteiger charge is -2.37. The van der Waals surface area contributed by atoms with Crippen LogP contribution in [0.5, 0.6) is 0 Å². The van der Waals surface area contributed by atoms with Crippen LogP contribution in [0.2, 0.25) is 5.02 Å². The topological polar surface area (TPSA) is 35.6 Å². The summed E-state index contributed by atoms with van der Waals surface area (Å²) in [7, 11) is 0. The molecule has 1 saturated heterocycles. The minimum Gasteiger partial charge on any atom is -0.368 e. The van der Waals surface area contributed by atoms with E-state index in [1.807, 2.05) is 37.8 Å². The second kappa shape index (κ2) is 6.35. The van der Waals surface area contributed by atoms with Gasteiger partial charge in [-0.1, -0.05) is 17.7 Å². The van der Waals surface area contributed by atoms with E-state index in [1.165, 1.54) is 5.69 Å². The van der Waals surface area contributed by atoms with E-state index in [0.717, 1.165) is 36.8 Å². The summed E-state index contributed by atoms with van der Waals surface area (Å²) < 4.78 is 0. The molecule has 2 rings (SSSR count). The van der Waals surface area contributed by atoms with Crippen LogP contribution in [0.3, 0.4) is 0 Å². The maximum absolute atomic E-state index is 11.9. The number of hydrogen-bond donors (Lipinski definition) is 1. The van der Waals surface area contributed by atoms with Crippen LogP contribution in [0, 0.1) is 6.92 Å². The van der Waals surface area contributed by atoms with Gasteiger partial charge in [0.05, 0.1) is 0 Å². The zero-order valence-corrected chi connectivity index (χ0v) is 13.1. The Morgan fingerprint density at radius 2 is 1.90 bits per heavy atom. The van der Waals surface area contributed by atoms with E-state index in [1.54, 1.807) is 0 Å². The lowest BCUT2D eigenvalue weighted by Crippen LogP contribution is -2.53. The summed E-state index contributed by atoms with van der Waals surface area (Å²) in [6, 6.07) is 6.18. The molecule has 2 amide bonds. The van der Waals surface area contributed by atoms with Crippen LogP contribution in [0.15, 0.2) is 18.2 Å². The average molecular weight is 296 g/mol. The summed E-state index contributed by atoms with van der Waals surface area (Å²) in [6.07, 6.45) is 0. The standard InChI is InChI=1S/C15H22ClN3O/c1-11(2)17-15(20)19-9-7-18(8-10-19)14-6-4-5-13(16)12(14)3/h4-6,11H,7-10H2,1-3H3,(H,17,20). The SMILES string of the molecule is Cc1c(Cl)cccc1N1CCN(C(=O)NC(C)C)CC1. The fourth-order valence-electron chi connectivity index (χ4n) is 2.43. The average Bonchev–Trinajstić information content (AvgIpc) is 2.41. The molecule has 5 heteroatoms. The highest BCUT2D eigenvalue weighted by Gasteiger charge is 2.22. The van der Waals surface area contributed by atoms with Gasteiger partial charge in [-0.3, -0.25) is 0 Å². The molecule has 4 nitrogen and oxygen atoms in total. The molecule has 1 aliphatic rings. The van der Waals surface area contributed by atoms with Crippen molar-refractivity contribution in [3.63, 3.8) is 0 Å². The van der Waals surface area contributed by atoms with Gasteiger partial charge >= 0.3 is 6.03 Å². The molecule has 1 N–H and O–H groups in total. The zero-order valence-electron chi connectivity index (χ0n) is 12.3. The molecule has 1 aromatic rings. The molecule has 0 aromatic heterocycles. The summed E-state index contributed by atoms with van der Waals surface area (Å²) in [5.41, 5.74) is 2.27. The minimum atomic E-state index is 0.0301. The van der Waals surface area contributed by atoms with Crippen molar-refractivity contribution in [2.45, 2.75) is 26.8 Å². The molecule has 0 aliphatic carbocycles. The lowest BCUT2D eigenvalue weighted by atomic mass is 10.1. The van der Waals surface area contributed by atoms with Crippen molar-refractivity contribution in [3.8, 4) is 0 Å². The number of benzene rings is 1. The van der Waals surface area contributed by atoms with Gasteiger partial charge in [0.1, 0.15) is 0 Å². The molecule has 0 bridgehead atoms. The number of rotatable bonds is 2. The van der Waals surface area contributed by atoms with E-state index in [0.29, 0.717) is 0 Å². The van der Waals surface area contributed by atoms with Gasteiger partial charge in [-0.25, -0.2) is 4.79 Å². The Kier molecular flexibility index (Phi) is 4.76. The fraction of sp³-hybridized carbons (Fsp3) is 0.533. The largest absolute Gasteiger partial charge is 0.368 e. The summed E-state index contributed by atoms with van der Waals surface area (Å²) >= 11 is 6.17. The Hall–Kier alpha value is -1.42. The number of nitrogens with zero attached hydrogens (tertiary/aromatic N) is 2. The van der Waals surface area contributed by atoms with Gasteiger partial charge in [-0.05, 0) is 38.5 Å². The third kappa shape index (κ3) is 3.37. The first-order chi connectivity index (χ1) is 9.49. The van der Waals surface area contributed by atoms with Crippen molar-refractivity contribution in [2.24, 2.45) is 0 Å². The van der Waals surface area contributed by atoms with Crippen LogP contribution < -0.4 is 10.2 Å². The summed E-state index contributed by atoms with van der Waals surface area (Å²) in [5, 5.41) is 3.73. The Bertz CT molecular complexity index is 482. The Balaban J connectivity index is 1.97. The maximum Gasteiger partial charge on any atom is 0.317 e. The fourth-order valence-corrected chi connectivity index (χ4v) is 2.60. The normalized spacial score (nSPS) is 15.7. The third-order valence-electron chi connectivity index (χ3n) is 3.56. The molecular weight excluding hydrogens is 274 g/mol. The monoisotopic (exact) mass is 295 g/mol. The number of anilines is 1. The van der Waals surface area contributed by atoms with E-state index in [9.17, 15) is 4.79 Å². The third-order valence-corrected chi connectivity index (χ3v) is 3.97.